The summed E-state index contributed by atoms with van der Waals surface area (Å²) >= 11 is 14.4. The number of rotatable bonds is 9. The molecule has 3 aromatic rings. The molecule has 1 aromatic heterocycles. The average Bonchev–Trinajstić information content (AvgIpc) is 3.45. The predicted octanol–water partition coefficient (Wildman–Crippen LogP) is 9.73. The van der Waals surface area contributed by atoms with Crippen LogP contribution in [0.3, 0.4) is 0 Å². The number of fused-ring (bicyclic) bond motifs is 1. The zero-order valence-corrected chi connectivity index (χ0v) is 29.6. The van der Waals surface area contributed by atoms with Crippen LogP contribution < -0.4 is 10.1 Å². The SMILES string of the molecule is CC.CC.COc1ccc2cc(-c3cc(C4=CC(Cl)CCC(Cl)=C4)nn3C(C)C3=CCC=C(C(=O)NCCC(=O)O)S3)ccc2c1. The highest BCUT2D eigenvalue weighted by Crippen LogP contribution is 2.40. The molecule has 2 N–H and O–H groups in total. The van der Waals surface area contributed by atoms with Crippen molar-refractivity contribution in [3.63, 3.8) is 0 Å². The Balaban J connectivity index is 0.00000139. The van der Waals surface area contributed by atoms with Gasteiger partial charge in [0.1, 0.15) is 5.75 Å². The summed E-state index contributed by atoms with van der Waals surface area (Å²) in [5.74, 6) is -0.431. The van der Waals surface area contributed by atoms with Crippen molar-refractivity contribution >= 4 is 63.2 Å². The Morgan fingerprint density at radius 3 is 2.54 bits per heavy atom. The number of halogens is 2. The van der Waals surface area contributed by atoms with Crippen LogP contribution >= 0.6 is 35.0 Å². The summed E-state index contributed by atoms with van der Waals surface area (Å²) in [6.45, 7) is 10.1. The molecule has 2 heterocycles. The van der Waals surface area contributed by atoms with E-state index >= 15 is 0 Å². The number of amides is 1. The van der Waals surface area contributed by atoms with Gasteiger partial charge in [-0.15, -0.1) is 11.6 Å². The maximum Gasteiger partial charge on any atom is 0.305 e. The third kappa shape index (κ3) is 9.53. The second-order valence-corrected chi connectivity index (χ2v) is 12.3. The van der Waals surface area contributed by atoms with E-state index < -0.39 is 5.97 Å². The first-order valence-electron chi connectivity index (χ1n) is 15.7. The van der Waals surface area contributed by atoms with Crippen LogP contribution in [-0.4, -0.2) is 45.8 Å². The van der Waals surface area contributed by atoms with Gasteiger partial charge in [-0.3, -0.25) is 14.3 Å². The smallest absolute Gasteiger partial charge is 0.305 e. The summed E-state index contributed by atoms with van der Waals surface area (Å²) < 4.78 is 7.38. The number of alkyl halides is 1. The maximum atomic E-state index is 12.8. The maximum absolute atomic E-state index is 12.8. The highest BCUT2D eigenvalue weighted by Gasteiger charge is 2.25. The number of thioether (sulfide) groups is 1. The summed E-state index contributed by atoms with van der Waals surface area (Å²) in [6.07, 6.45) is 9.82. The molecule has 0 radical (unpaired) electrons. The van der Waals surface area contributed by atoms with Crippen molar-refractivity contribution in [2.24, 2.45) is 0 Å². The van der Waals surface area contributed by atoms with Crippen molar-refractivity contribution < 1.29 is 19.4 Å². The standard InChI is InChI=1S/C32H31Cl2N3O4S.2C2H6/c1-19(29-4-3-5-30(42-29)32(40)35-13-12-31(38)39)37-28(18-27(36-37)23-15-24(33)9-10-25(34)16-23)22-7-6-21-17-26(41-2)11-8-20(21)14-22;2*1-2/h4-8,11,14-19,24H,3,9-10,12-13H2,1-2H3,(H,35,40)(H,38,39);2*1-2H3. The Morgan fingerprint density at radius 1 is 1.11 bits per heavy atom. The highest BCUT2D eigenvalue weighted by atomic mass is 35.5. The van der Waals surface area contributed by atoms with Gasteiger partial charge in [0, 0.05) is 27.6 Å². The van der Waals surface area contributed by atoms with Crippen LogP contribution in [0.5, 0.6) is 5.75 Å². The third-order valence-corrected chi connectivity index (χ3v) is 9.14. The minimum Gasteiger partial charge on any atom is -0.497 e. The zero-order chi connectivity index (χ0) is 33.8. The van der Waals surface area contributed by atoms with E-state index in [-0.39, 0.29) is 30.3 Å². The van der Waals surface area contributed by atoms with Gasteiger partial charge in [0.05, 0.1) is 41.2 Å². The third-order valence-electron chi connectivity index (χ3n) is 7.18. The van der Waals surface area contributed by atoms with Gasteiger partial charge in [-0.25, -0.2) is 0 Å². The molecule has 2 aromatic carbocycles. The van der Waals surface area contributed by atoms with Crippen molar-refractivity contribution in [1.29, 1.82) is 0 Å². The molecule has 5 rings (SSSR count). The van der Waals surface area contributed by atoms with E-state index in [4.69, 9.17) is 38.1 Å². The molecule has 1 aliphatic carbocycles. The molecule has 0 bridgehead atoms. The molecule has 246 valence electrons. The van der Waals surface area contributed by atoms with Gasteiger partial charge in [-0.1, -0.05) is 87.5 Å². The zero-order valence-electron chi connectivity index (χ0n) is 27.3. The molecular formula is C36H43Cl2N3O4S. The molecule has 0 spiro atoms. The van der Waals surface area contributed by atoms with Gasteiger partial charge in [0.2, 0.25) is 0 Å². The molecule has 0 saturated carbocycles. The van der Waals surface area contributed by atoms with Gasteiger partial charge in [0.15, 0.2) is 0 Å². The number of carboxylic acid groups (broad SMARTS) is 1. The first kappa shape index (κ1) is 37.0. The van der Waals surface area contributed by atoms with Crippen LogP contribution in [0, 0.1) is 0 Å². The Bertz CT molecular complexity index is 1660. The molecule has 2 aliphatic rings. The molecule has 2 atom stereocenters. The number of aliphatic carboxylic acids is 1. The minimum absolute atomic E-state index is 0.0773. The summed E-state index contributed by atoms with van der Waals surface area (Å²) in [6, 6.07) is 14.1. The number of allylic oxidation sites excluding steroid dienone is 7. The van der Waals surface area contributed by atoms with E-state index in [0.29, 0.717) is 17.7 Å². The summed E-state index contributed by atoms with van der Waals surface area (Å²) in [5.41, 5.74) is 3.55. The fourth-order valence-electron chi connectivity index (χ4n) is 4.94. The van der Waals surface area contributed by atoms with E-state index in [1.54, 1.807) is 7.11 Å². The molecule has 0 fully saturated rings. The van der Waals surface area contributed by atoms with E-state index in [2.05, 4.69) is 42.6 Å². The molecule has 10 heteroatoms. The van der Waals surface area contributed by atoms with Gasteiger partial charge < -0.3 is 15.2 Å². The Hall–Kier alpha value is -3.46. The second-order valence-electron chi connectivity index (χ2n) is 10.1. The minimum atomic E-state index is -0.954. The summed E-state index contributed by atoms with van der Waals surface area (Å²) in [5, 5.41) is 19.4. The van der Waals surface area contributed by atoms with Crippen LogP contribution in [0.25, 0.3) is 27.6 Å². The quantitative estimate of drug-likeness (QED) is 0.218. The van der Waals surface area contributed by atoms with Crippen molar-refractivity contribution in [2.75, 3.05) is 13.7 Å². The summed E-state index contributed by atoms with van der Waals surface area (Å²) in [4.78, 5) is 25.1. The number of hydrogen-bond donors (Lipinski definition) is 2. The predicted molar refractivity (Wildman–Crippen MR) is 194 cm³/mol. The fourth-order valence-corrected chi connectivity index (χ4v) is 6.46. The first-order chi connectivity index (χ1) is 22.2. The number of carbonyl (C=O) groups excluding carboxylic acids is 1. The van der Waals surface area contributed by atoms with E-state index in [9.17, 15) is 9.59 Å². The number of hydrogen-bond acceptors (Lipinski definition) is 5. The first-order valence-corrected chi connectivity index (χ1v) is 17.3. The van der Waals surface area contributed by atoms with E-state index in [1.807, 2.05) is 68.8 Å². The molecule has 2 unspecified atom stereocenters. The largest absolute Gasteiger partial charge is 0.497 e. The van der Waals surface area contributed by atoms with Crippen molar-refractivity contribution in [3.8, 4) is 17.0 Å². The van der Waals surface area contributed by atoms with Gasteiger partial charge >= 0.3 is 5.97 Å². The van der Waals surface area contributed by atoms with Crippen LogP contribution in [0.4, 0.5) is 0 Å². The van der Waals surface area contributed by atoms with Gasteiger partial charge in [0.25, 0.3) is 5.91 Å². The lowest BCUT2D eigenvalue weighted by Crippen LogP contribution is -2.27. The molecule has 46 heavy (non-hydrogen) atoms. The Kier molecular flexibility index (Phi) is 14.5. The number of carbonyl (C=O) groups is 2. The fraction of sp³-hybridized carbons (Fsp3) is 0.361. The summed E-state index contributed by atoms with van der Waals surface area (Å²) in [7, 11) is 1.66. The molecule has 1 amide bonds. The molecular weight excluding hydrogens is 641 g/mol. The van der Waals surface area contributed by atoms with Crippen LogP contribution in [0.1, 0.15) is 72.0 Å². The topological polar surface area (TPSA) is 93.5 Å². The molecule has 0 saturated heterocycles. The lowest BCUT2D eigenvalue weighted by Gasteiger charge is -2.22. The second kappa shape index (κ2) is 18.0. The highest BCUT2D eigenvalue weighted by molar-refractivity contribution is 8.07. The van der Waals surface area contributed by atoms with Crippen LogP contribution in [-0.2, 0) is 9.59 Å². The van der Waals surface area contributed by atoms with Crippen molar-refractivity contribution in [1.82, 2.24) is 15.1 Å². The monoisotopic (exact) mass is 683 g/mol. The average molecular weight is 685 g/mol. The van der Waals surface area contributed by atoms with Crippen molar-refractivity contribution in [3.05, 3.63) is 87.3 Å². The van der Waals surface area contributed by atoms with Crippen molar-refractivity contribution in [2.45, 2.75) is 71.7 Å². The number of ether oxygens (including phenoxy) is 1. The molecule has 1 aliphatic heterocycles. The lowest BCUT2D eigenvalue weighted by atomic mass is 10.0. The van der Waals surface area contributed by atoms with E-state index in [1.165, 1.54) is 11.8 Å². The number of aromatic nitrogens is 2. The molecule has 7 nitrogen and oxygen atoms in total. The number of nitrogens with zero attached hydrogens (tertiary/aromatic N) is 2. The number of nitrogens with one attached hydrogen (secondary N) is 1. The Morgan fingerprint density at radius 2 is 1.83 bits per heavy atom. The normalized spacial score (nSPS) is 16.6. The number of methoxy groups -OCH3 is 1. The van der Waals surface area contributed by atoms with Gasteiger partial charge in [-0.05, 0) is 67.3 Å². The van der Waals surface area contributed by atoms with E-state index in [0.717, 1.165) is 55.4 Å². The van der Waals surface area contributed by atoms with Gasteiger partial charge in [-0.2, -0.15) is 5.10 Å². The number of benzene rings is 2. The lowest BCUT2D eigenvalue weighted by molar-refractivity contribution is -0.136. The Labute approximate surface area is 286 Å². The number of carboxylic acids is 1. The van der Waals surface area contributed by atoms with Crippen LogP contribution in [0.15, 0.2) is 81.6 Å². The van der Waals surface area contributed by atoms with Crippen LogP contribution in [0.2, 0.25) is 0 Å².